The van der Waals surface area contributed by atoms with Gasteiger partial charge in [-0.25, -0.2) is 0 Å². The number of hydrogen-bond donors (Lipinski definition) is 1. The maximum absolute atomic E-state index is 6.45. The fraction of sp³-hybridized carbons (Fsp3) is 0.625. The molecule has 0 aliphatic rings. The normalized spacial score (nSPS) is 14.2. The van der Waals surface area contributed by atoms with Gasteiger partial charge in [-0.05, 0) is 31.4 Å². The van der Waals surface area contributed by atoms with Crippen molar-refractivity contribution in [2.45, 2.75) is 46.7 Å². The Morgan fingerprint density at radius 3 is 2.17 bits per heavy atom. The molecule has 1 rings (SSSR count). The summed E-state index contributed by atoms with van der Waals surface area (Å²) in [5.74, 6) is 0. The second-order valence-corrected chi connectivity index (χ2v) is 6.03. The van der Waals surface area contributed by atoms with Gasteiger partial charge in [-0.2, -0.15) is 0 Å². The van der Waals surface area contributed by atoms with Crippen LogP contribution >= 0.6 is 0 Å². The van der Waals surface area contributed by atoms with Gasteiger partial charge in [0, 0.05) is 18.6 Å². The fourth-order valence-corrected chi connectivity index (χ4v) is 2.39. The highest BCUT2D eigenvalue weighted by Gasteiger charge is 2.30. The van der Waals surface area contributed by atoms with E-state index in [9.17, 15) is 0 Å². The lowest BCUT2D eigenvalue weighted by Gasteiger charge is -2.38. The minimum Gasteiger partial charge on any atom is -0.323 e. The molecule has 0 aliphatic heterocycles. The van der Waals surface area contributed by atoms with Crippen molar-refractivity contribution >= 4 is 0 Å². The zero-order valence-electron chi connectivity index (χ0n) is 12.5. The summed E-state index contributed by atoms with van der Waals surface area (Å²) in [6, 6.07) is 11.0. The molecule has 0 spiro atoms. The summed E-state index contributed by atoms with van der Waals surface area (Å²) in [5, 5.41) is 0. The molecule has 2 heteroatoms. The zero-order chi connectivity index (χ0) is 13.8. The molecule has 0 saturated carbocycles. The van der Waals surface area contributed by atoms with E-state index in [2.05, 4.69) is 63.8 Å². The highest BCUT2D eigenvalue weighted by Crippen LogP contribution is 2.32. The molecule has 102 valence electrons. The largest absolute Gasteiger partial charge is 0.323 e. The molecule has 0 aliphatic carbocycles. The summed E-state index contributed by atoms with van der Waals surface area (Å²) in [6.45, 7) is 13.3. The molecule has 0 saturated heterocycles. The quantitative estimate of drug-likeness (QED) is 0.835. The van der Waals surface area contributed by atoms with Crippen LogP contribution in [-0.4, -0.2) is 24.0 Å². The Kier molecular flexibility index (Phi) is 5.36. The van der Waals surface area contributed by atoms with E-state index in [0.29, 0.717) is 6.04 Å². The summed E-state index contributed by atoms with van der Waals surface area (Å²) in [5.41, 5.74) is 7.74. The van der Waals surface area contributed by atoms with Gasteiger partial charge < -0.3 is 10.6 Å². The first-order valence-corrected chi connectivity index (χ1v) is 6.93. The van der Waals surface area contributed by atoms with E-state index < -0.39 is 0 Å². The van der Waals surface area contributed by atoms with Crippen molar-refractivity contribution in [2.24, 2.45) is 11.1 Å². The third kappa shape index (κ3) is 3.82. The molecular weight excluding hydrogens is 220 g/mol. The smallest absolute Gasteiger partial charge is 0.0359 e. The molecule has 18 heavy (non-hydrogen) atoms. The van der Waals surface area contributed by atoms with Crippen molar-refractivity contribution in [2.75, 3.05) is 13.1 Å². The third-order valence-corrected chi connectivity index (χ3v) is 3.75. The molecular formula is C16H28N2. The van der Waals surface area contributed by atoms with Crippen LogP contribution in [0, 0.1) is 5.41 Å². The average Bonchev–Trinajstić information content (AvgIpc) is 2.35. The van der Waals surface area contributed by atoms with Crippen LogP contribution in [0.25, 0.3) is 0 Å². The SMILES string of the molecule is CCN(CC(C)(C)C(N)c1ccccc1)C(C)C. The van der Waals surface area contributed by atoms with Gasteiger partial charge in [0.25, 0.3) is 0 Å². The summed E-state index contributed by atoms with van der Waals surface area (Å²) < 4.78 is 0. The molecule has 0 heterocycles. The summed E-state index contributed by atoms with van der Waals surface area (Å²) >= 11 is 0. The van der Waals surface area contributed by atoms with E-state index in [4.69, 9.17) is 5.73 Å². The molecule has 0 fully saturated rings. The average molecular weight is 248 g/mol. The van der Waals surface area contributed by atoms with Gasteiger partial charge in [0.15, 0.2) is 0 Å². The van der Waals surface area contributed by atoms with Gasteiger partial charge in [0.1, 0.15) is 0 Å². The van der Waals surface area contributed by atoms with Crippen LogP contribution in [0.3, 0.4) is 0 Å². The van der Waals surface area contributed by atoms with E-state index in [0.717, 1.165) is 13.1 Å². The van der Waals surface area contributed by atoms with Crippen LogP contribution in [0.4, 0.5) is 0 Å². The summed E-state index contributed by atoms with van der Waals surface area (Å²) in [7, 11) is 0. The van der Waals surface area contributed by atoms with Gasteiger partial charge in [-0.15, -0.1) is 0 Å². The van der Waals surface area contributed by atoms with E-state index in [1.54, 1.807) is 0 Å². The Balaban J connectivity index is 2.79. The predicted molar refractivity (Wildman–Crippen MR) is 79.5 cm³/mol. The number of nitrogens with two attached hydrogens (primary N) is 1. The Bertz CT molecular complexity index is 343. The summed E-state index contributed by atoms with van der Waals surface area (Å²) in [6.07, 6.45) is 0. The highest BCUT2D eigenvalue weighted by molar-refractivity contribution is 5.20. The van der Waals surface area contributed by atoms with Crippen LogP contribution in [0.15, 0.2) is 30.3 Å². The molecule has 0 aromatic heterocycles. The van der Waals surface area contributed by atoms with Crippen molar-refractivity contribution < 1.29 is 0 Å². The first-order chi connectivity index (χ1) is 8.38. The lowest BCUT2D eigenvalue weighted by molar-refractivity contribution is 0.130. The topological polar surface area (TPSA) is 29.3 Å². The van der Waals surface area contributed by atoms with Gasteiger partial charge in [-0.1, -0.05) is 51.1 Å². The second-order valence-electron chi connectivity index (χ2n) is 6.03. The Morgan fingerprint density at radius 2 is 1.72 bits per heavy atom. The van der Waals surface area contributed by atoms with Crippen molar-refractivity contribution in [1.82, 2.24) is 4.90 Å². The molecule has 0 bridgehead atoms. The Labute approximate surface area is 112 Å². The van der Waals surface area contributed by atoms with Crippen molar-refractivity contribution in [3.05, 3.63) is 35.9 Å². The molecule has 0 amide bonds. The zero-order valence-corrected chi connectivity index (χ0v) is 12.5. The van der Waals surface area contributed by atoms with Gasteiger partial charge >= 0.3 is 0 Å². The fourth-order valence-electron chi connectivity index (χ4n) is 2.39. The van der Waals surface area contributed by atoms with Crippen molar-refractivity contribution in [3.63, 3.8) is 0 Å². The Hall–Kier alpha value is -0.860. The third-order valence-electron chi connectivity index (χ3n) is 3.75. The molecule has 0 radical (unpaired) electrons. The molecule has 2 nitrogen and oxygen atoms in total. The van der Waals surface area contributed by atoms with Crippen LogP contribution < -0.4 is 5.73 Å². The van der Waals surface area contributed by atoms with Crippen LogP contribution in [0.2, 0.25) is 0 Å². The lowest BCUT2D eigenvalue weighted by Crippen LogP contribution is -2.43. The molecule has 1 unspecified atom stereocenters. The number of nitrogens with zero attached hydrogens (tertiary/aromatic N) is 1. The maximum atomic E-state index is 6.45. The number of benzene rings is 1. The molecule has 1 atom stereocenters. The summed E-state index contributed by atoms with van der Waals surface area (Å²) in [4.78, 5) is 2.48. The number of hydrogen-bond acceptors (Lipinski definition) is 2. The van der Waals surface area contributed by atoms with Crippen molar-refractivity contribution in [3.8, 4) is 0 Å². The van der Waals surface area contributed by atoms with Crippen molar-refractivity contribution in [1.29, 1.82) is 0 Å². The predicted octanol–water partition coefficient (Wildman–Crippen LogP) is 3.44. The van der Waals surface area contributed by atoms with Crippen LogP contribution in [-0.2, 0) is 0 Å². The van der Waals surface area contributed by atoms with Gasteiger partial charge in [0.05, 0.1) is 0 Å². The van der Waals surface area contributed by atoms with Gasteiger partial charge in [-0.3, -0.25) is 0 Å². The lowest BCUT2D eigenvalue weighted by atomic mass is 9.80. The highest BCUT2D eigenvalue weighted by atomic mass is 15.1. The molecule has 2 N–H and O–H groups in total. The van der Waals surface area contributed by atoms with Crippen LogP contribution in [0.1, 0.15) is 46.2 Å². The standard InChI is InChI=1S/C16H28N2/c1-6-18(13(2)3)12-16(4,5)15(17)14-10-8-7-9-11-14/h7-11,13,15H,6,12,17H2,1-5H3. The van der Waals surface area contributed by atoms with E-state index in [-0.39, 0.29) is 11.5 Å². The number of rotatable bonds is 6. The minimum absolute atomic E-state index is 0.0711. The van der Waals surface area contributed by atoms with E-state index in [1.165, 1.54) is 5.56 Å². The second kappa shape index (κ2) is 6.35. The first kappa shape index (κ1) is 15.2. The first-order valence-electron chi connectivity index (χ1n) is 6.93. The van der Waals surface area contributed by atoms with E-state index in [1.807, 2.05) is 6.07 Å². The minimum atomic E-state index is 0.0711. The van der Waals surface area contributed by atoms with E-state index >= 15 is 0 Å². The Morgan fingerprint density at radius 1 is 1.17 bits per heavy atom. The molecule has 1 aromatic rings. The van der Waals surface area contributed by atoms with Gasteiger partial charge in [0.2, 0.25) is 0 Å². The maximum Gasteiger partial charge on any atom is 0.0359 e. The monoisotopic (exact) mass is 248 g/mol. The molecule has 1 aromatic carbocycles. The van der Waals surface area contributed by atoms with Crippen LogP contribution in [0.5, 0.6) is 0 Å².